The van der Waals surface area contributed by atoms with E-state index in [2.05, 4.69) is 15.9 Å². The Morgan fingerprint density at radius 1 is 1.44 bits per heavy atom. The van der Waals surface area contributed by atoms with Crippen LogP contribution in [0.15, 0.2) is 21.5 Å². The smallest absolute Gasteiger partial charge is 0.207 e. The highest BCUT2D eigenvalue weighted by Crippen LogP contribution is 2.34. The Hall–Kier alpha value is -0.710. The number of nitriles is 1. The molecule has 0 amide bonds. The van der Waals surface area contributed by atoms with E-state index in [1.807, 2.05) is 0 Å². The molecule has 0 atom stereocenters. The molecule has 0 bridgehead atoms. The summed E-state index contributed by atoms with van der Waals surface area (Å²) in [5.41, 5.74) is -1.30. The zero-order chi connectivity index (χ0) is 12.5. The second-order valence-electron chi connectivity index (χ2n) is 2.69. The summed E-state index contributed by atoms with van der Waals surface area (Å²) in [5, 5.41) is 8.71. The minimum atomic E-state index is -4.26. The number of alkyl halides is 2. The minimum absolute atomic E-state index is 0.0246. The summed E-state index contributed by atoms with van der Waals surface area (Å²) < 4.78 is 47.3. The van der Waals surface area contributed by atoms with Crippen molar-refractivity contribution >= 4 is 35.7 Å². The first-order valence-corrected chi connectivity index (χ1v) is 6.84. The van der Waals surface area contributed by atoms with Crippen LogP contribution in [0.4, 0.5) is 8.78 Å². The fraction of sp³-hybridized carbons (Fsp3) is 0.125. The summed E-state index contributed by atoms with van der Waals surface area (Å²) >= 11 is 2.85. The molecule has 0 saturated heterocycles. The molecule has 8 heteroatoms. The topological polar surface area (TPSA) is 57.9 Å². The second kappa shape index (κ2) is 4.65. The summed E-state index contributed by atoms with van der Waals surface area (Å²) in [6.07, 6.45) is -2.94. The molecule has 0 saturated carbocycles. The second-order valence-corrected chi connectivity index (χ2v) is 6.05. The first-order chi connectivity index (χ1) is 7.29. The molecule has 1 aromatic rings. The van der Waals surface area contributed by atoms with E-state index in [-0.39, 0.29) is 4.47 Å². The Labute approximate surface area is 103 Å². The van der Waals surface area contributed by atoms with Crippen molar-refractivity contribution < 1.29 is 17.2 Å². The fourth-order valence-corrected chi connectivity index (χ4v) is 3.55. The molecule has 0 fully saturated rings. The highest BCUT2D eigenvalue weighted by molar-refractivity contribution is 9.10. The molecule has 0 spiro atoms. The van der Waals surface area contributed by atoms with Gasteiger partial charge in [0.25, 0.3) is 15.5 Å². The van der Waals surface area contributed by atoms with Gasteiger partial charge in [-0.3, -0.25) is 0 Å². The van der Waals surface area contributed by atoms with Crippen LogP contribution in [0.2, 0.25) is 0 Å². The Balaban J connectivity index is 3.74. The standard InChI is InChI=1S/C8H3BrClF2NO2S/c9-6-2-1-4(8(11)12)5(3-13)7(6)16(10,14)15/h1-2,8H. The molecule has 0 aliphatic carbocycles. The first-order valence-electron chi connectivity index (χ1n) is 3.74. The number of nitrogens with zero attached hydrogens (tertiary/aromatic N) is 1. The van der Waals surface area contributed by atoms with Crippen LogP contribution >= 0.6 is 26.6 Å². The zero-order valence-corrected chi connectivity index (χ0v) is 10.6. The van der Waals surface area contributed by atoms with Gasteiger partial charge >= 0.3 is 0 Å². The number of rotatable bonds is 2. The van der Waals surface area contributed by atoms with Crippen molar-refractivity contribution in [1.29, 1.82) is 5.26 Å². The highest BCUT2D eigenvalue weighted by Gasteiger charge is 2.25. The lowest BCUT2D eigenvalue weighted by atomic mass is 10.1. The van der Waals surface area contributed by atoms with Gasteiger partial charge in [0, 0.05) is 20.7 Å². The predicted octanol–water partition coefficient (Wildman–Crippen LogP) is 3.19. The van der Waals surface area contributed by atoms with Gasteiger partial charge < -0.3 is 0 Å². The molecule has 0 N–H and O–H groups in total. The Morgan fingerprint density at radius 2 is 2.00 bits per heavy atom. The lowest BCUT2D eigenvalue weighted by Gasteiger charge is -2.08. The van der Waals surface area contributed by atoms with E-state index in [0.717, 1.165) is 12.1 Å². The van der Waals surface area contributed by atoms with Crippen molar-refractivity contribution in [2.45, 2.75) is 11.3 Å². The van der Waals surface area contributed by atoms with E-state index in [1.165, 1.54) is 6.07 Å². The number of hydrogen-bond donors (Lipinski definition) is 0. The third-order valence-electron chi connectivity index (χ3n) is 1.73. The van der Waals surface area contributed by atoms with Gasteiger partial charge in [0.2, 0.25) is 0 Å². The summed E-state index contributed by atoms with van der Waals surface area (Å²) in [6, 6.07) is 3.50. The average Bonchev–Trinajstić information content (AvgIpc) is 2.14. The number of benzene rings is 1. The first kappa shape index (κ1) is 13.4. The van der Waals surface area contributed by atoms with Gasteiger partial charge in [-0.05, 0) is 22.0 Å². The zero-order valence-electron chi connectivity index (χ0n) is 7.42. The Morgan fingerprint density at radius 3 is 2.38 bits per heavy atom. The van der Waals surface area contributed by atoms with Crippen LogP contribution < -0.4 is 0 Å². The van der Waals surface area contributed by atoms with Crippen LogP contribution in [0.1, 0.15) is 17.6 Å². The van der Waals surface area contributed by atoms with Gasteiger partial charge in [-0.1, -0.05) is 6.07 Å². The number of halogens is 4. The lowest BCUT2D eigenvalue weighted by molar-refractivity contribution is 0.150. The fourth-order valence-electron chi connectivity index (χ4n) is 1.11. The summed E-state index contributed by atoms with van der Waals surface area (Å²) in [7, 11) is 0.808. The molecule has 0 unspecified atom stereocenters. The highest BCUT2D eigenvalue weighted by atomic mass is 79.9. The van der Waals surface area contributed by atoms with E-state index in [1.54, 1.807) is 0 Å². The monoisotopic (exact) mass is 329 g/mol. The van der Waals surface area contributed by atoms with Crippen molar-refractivity contribution in [2.24, 2.45) is 0 Å². The third-order valence-corrected chi connectivity index (χ3v) is 4.03. The van der Waals surface area contributed by atoms with E-state index >= 15 is 0 Å². The van der Waals surface area contributed by atoms with Gasteiger partial charge in [-0.2, -0.15) is 5.26 Å². The molecule has 0 aliphatic rings. The molecule has 0 heterocycles. The molecule has 0 aliphatic heterocycles. The molecule has 1 aromatic carbocycles. The van der Waals surface area contributed by atoms with E-state index in [4.69, 9.17) is 15.9 Å². The van der Waals surface area contributed by atoms with Crippen LogP contribution in [0, 0.1) is 11.3 Å². The van der Waals surface area contributed by atoms with Crippen LogP contribution in [0.3, 0.4) is 0 Å². The molecule has 0 aromatic heterocycles. The van der Waals surface area contributed by atoms with Crippen LogP contribution in [0.25, 0.3) is 0 Å². The van der Waals surface area contributed by atoms with Crippen molar-refractivity contribution in [3.05, 3.63) is 27.7 Å². The van der Waals surface area contributed by atoms with Crippen molar-refractivity contribution in [3.63, 3.8) is 0 Å². The van der Waals surface area contributed by atoms with Crippen molar-refractivity contribution in [2.75, 3.05) is 0 Å². The SMILES string of the molecule is N#Cc1c(C(F)F)ccc(Br)c1S(=O)(=O)Cl. The molecular formula is C8H3BrClF2NO2S. The predicted molar refractivity (Wildman–Crippen MR) is 56.9 cm³/mol. The maximum atomic E-state index is 12.5. The molecule has 16 heavy (non-hydrogen) atoms. The molecule has 0 radical (unpaired) electrons. The van der Waals surface area contributed by atoms with Crippen LogP contribution in [-0.4, -0.2) is 8.42 Å². The Kier molecular flexibility index (Phi) is 3.88. The van der Waals surface area contributed by atoms with E-state index in [9.17, 15) is 17.2 Å². The van der Waals surface area contributed by atoms with E-state index < -0.39 is 31.5 Å². The maximum absolute atomic E-state index is 12.5. The maximum Gasteiger partial charge on any atom is 0.265 e. The van der Waals surface area contributed by atoms with Gasteiger partial charge in [0.05, 0.1) is 5.56 Å². The molecule has 86 valence electrons. The Bertz CT molecular complexity index is 568. The quantitative estimate of drug-likeness (QED) is 0.783. The largest absolute Gasteiger partial charge is 0.265 e. The normalized spacial score (nSPS) is 11.5. The lowest BCUT2D eigenvalue weighted by Crippen LogP contribution is -2.01. The summed E-state index contributed by atoms with van der Waals surface area (Å²) in [6.45, 7) is 0. The molecule has 3 nitrogen and oxygen atoms in total. The summed E-state index contributed by atoms with van der Waals surface area (Å²) in [4.78, 5) is -0.630. The van der Waals surface area contributed by atoms with Gasteiger partial charge in [0.15, 0.2) is 0 Å². The third kappa shape index (κ3) is 2.51. The minimum Gasteiger partial charge on any atom is -0.207 e. The van der Waals surface area contributed by atoms with Gasteiger partial charge in [-0.15, -0.1) is 0 Å². The van der Waals surface area contributed by atoms with Crippen molar-refractivity contribution in [3.8, 4) is 6.07 Å². The van der Waals surface area contributed by atoms with Crippen molar-refractivity contribution in [1.82, 2.24) is 0 Å². The van der Waals surface area contributed by atoms with E-state index in [0.29, 0.717) is 0 Å². The van der Waals surface area contributed by atoms with Crippen LogP contribution in [0.5, 0.6) is 0 Å². The summed E-state index contributed by atoms with van der Waals surface area (Å²) in [5.74, 6) is 0. The molecule has 1 rings (SSSR count). The van der Waals surface area contributed by atoms with Gasteiger partial charge in [-0.25, -0.2) is 17.2 Å². The number of hydrogen-bond acceptors (Lipinski definition) is 3. The van der Waals surface area contributed by atoms with Crippen LogP contribution in [-0.2, 0) is 9.05 Å². The van der Waals surface area contributed by atoms with Gasteiger partial charge in [0.1, 0.15) is 11.0 Å². The molecular weight excluding hydrogens is 328 g/mol. The average molecular weight is 331 g/mol.